The van der Waals surface area contributed by atoms with Gasteiger partial charge in [-0.3, -0.25) is 14.5 Å². The van der Waals surface area contributed by atoms with E-state index in [1.54, 1.807) is 24.3 Å². The molecule has 0 spiro atoms. The minimum absolute atomic E-state index is 0.0989. The molecule has 1 aliphatic heterocycles. The van der Waals surface area contributed by atoms with E-state index in [1.165, 1.54) is 20.2 Å². The average Bonchev–Trinajstić information content (AvgIpc) is 2.74. The molecule has 3 rings (SSSR count). The number of alkyl halides is 2. The minimum atomic E-state index is -1.76. The highest BCUT2D eigenvalue weighted by Gasteiger charge is 2.72. The molecule has 1 aromatic carbocycles. The highest BCUT2D eigenvalue weighted by atomic mass is 35.5. The number of carbonyl (C=O) groups excluding carboxylic acids is 2. The van der Waals surface area contributed by atoms with Crippen molar-refractivity contribution in [2.75, 3.05) is 14.2 Å². The van der Waals surface area contributed by atoms with Crippen LogP contribution in [0.4, 0.5) is 0 Å². The number of ether oxygens (including phenoxy) is 1. The van der Waals surface area contributed by atoms with Gasteiger partial charge >= 0.3 is 0 Å². The number of likely N-dealkylation sites (tertiary alicyclic amines) is 1. The fourth-order valence-corrected chi connectivity index (χ4v) is 4.53. The number of halogens is 2. The molecule has 25 heavy (non-hydrogen) atoms. The first kappa shape index (κ1) is 17.8. The van der Waals surface area contributed by atoms with Crippen LogP contribution >= 0.6 is 23.2 Å². The number of benzene rings is 1. The molecule has 3 atom stereocenters. The summed E-state index contributed by atoms with van der Waals surface area (Å²) in [6, 6.07) is 4.68. The first-order valence-corrected chi connectivity index (χ1v) is 8.37. The SMILES string of the molecule is C=CC1=CC[C@@]2(Cl)C(=O)N(C)C(=O)[C@@]2(Cl)[C@H]1c1ccc(OC)cc1O. The summed E-state index contributed by atoms with van der Waals surface area (Å²) in [6.45, 7) is 3.77. The Kier molecular flexibility index (Phi) is 4.12. The predicted octanol–water partition coefficient (Wildman–Crippen LogP) is 2.95. The maximum atomic E-state index is 12.9. The van der Waals surface area contributed by atoms with Crippen LogP contribution in [-0.2, 0) is 9.59 Å². The zero-order chi connectivity index (χ0) is 18.6. The van der Waals surface area contributed by atoms with E-state index >= 15 is 0 Å². The van der Waals surface area contributed by atoms with Crippen LogP contribution in [0.5, 0.6) is 11.5 Å². The Hall–Kier alpha value is -1.98. The summed E-state index contributed by atoms with van der Waals surface area (Å²) in [6.07, 6.45) is 3.39. The first-order valence-electron chi connectivity index (χ1n) is 7.62. The summed E-state index contributed by atoms with van der Waals surface area (Å²) in [7, 11) is 2.83. The molecule has 0 bridgehead atoms. The van der Waals surface area contributed by atoms with Gasteiger partial charge in [0.05, 0.1) is 7.11 Å². The van der Waals surface area contributed by atoms with Crippen molar-refractivity contribution in [2.45, 2.75) is 22.1 Å². The van der Waals surface area contributed by atoms with Crippen LogP contribution < -0.4 is 4.74 Å². The van der Waals surface area contributed by atoms with E-state index in [2.05, 4.69) is 6.58 Å². The smallest absolute Gasteiger partial charge is 0.253 e. The molecule has 0 radical (unpaired) electrons. The normalized spacial score (nSPS) is 31.6. The van der Waals surface area contributed by atoms with Gasteiger partial charge in [0.2, 0.25) is 0 Å². The van der Waals surface area contributed by atoms with E-state index in [0.29, 0.717) is 16.9 Å². The second-order valence-electron chi connectivity index (χ2n) is 6.15. The largest absolute Gasteiger partial charge is 0.508 e. The summed E-state index contributed by atoms with van der Waals surface area (Å²) in [5, 5.41) is 10.5. The van der Waals surface area contributed by atoms with Crippen molar-refractivity contribution >= 4 is 35.0 Å². The first-order chi connectivity index (χ1) is 11.7. The van der Waals surface area contributed by atoms with Crippen LogP contribution in [0.2, 0.25) is 0 Å². The van der Waals surface area contributed by atoms with Crippen molar-refractivity contribution in [3.8, 4) is 11.5 Å². The minimum Gasteiger partial charge on any atom is -0.508 e. The molecule has 0 aromatic heterocycles. The number of methoxy groups -OCH3 is 1. The summed E-state index contributed by atoms with van der Waals surface area (Å²) in [5.41, 5.74) is 1.01. The number of phenolic OH excluding ortho intramolecular Hbond substituents is 1. The second-order valence-corrected chi connectivity index (χ2v) is 7.39. The van der Waals surface area contributed by atoms with Gasteiger partial charge in [0.1, 0.15) is 11.5 Å². The van der Waals surface area contributed by atoms with Crippen molar-refractivity contribution in [2.24, 2.45) is 0 Å². The van der Waals surface area contributed by atoms with Crippen molar-refractivity contribution < 1.29 is 19.4 Å². The number of carbonyl (C=O) groups is 2. The quantitative estimate of drug-likeness (QED) is 0.645. The van der Waals surface area contributed by atoms with Gasteiger partial charge in [-0.05, 0) is 18.1 Å². The Bertz CT molecular complexity index is 821. The fourth-order valence-electron chi connectivity index (χ4n) is 3.61. The maximum absolute atomic E-state index is 12.9. The third kappa shape index (κ3) is 2.15. The van der Waals surface area contributed by atoms with Crippen molar-refractivity contribution in [3.63, 3.8) is 0 Å². The van der Waals surface area contributed by atoms with E-state index in [1.807, 2.05) is 0 Å². The number of fused-ring (bicyclic) bond motifs is 1. The lowest BCUT2D eigenvalue weighted by molar-refractivity contribution is -0.137. The van der Waals surface area contributed by atoms with Crippen molar-refractivity contribution in [1.82, 2.24) is 4.90 Å². The van der Waals surface area contributed by atoms with Crippen LogP contribution in [0.25, 0.3) is 0 Å². The Morgan fingerprint density at radius 1 is 1.36 bits per heavy atom. The molecule has 132 valence electrons. The predicted molar refractivity (Wildman–Crippen MR) is 95.2 cm³/mol. The Balaban J connectivity index is 2.27. The molecular formula is C18H17Cl2NO4. The van der Waals surface area contributed by atoms with Gasteiger partial charge in [0.15, 0.2) is 9.75 Å². The summed E-state index contributed by atoms with van der Waals surface area (Å²) in [4.78, 5) is 23.0. The van der Waals surface area contributed by atoms with Gasteiger partial charge in [-0.15, -0.1) is 23.2 Å². The van der Waals surface area contributed by atoms with Gasteiger partial charge < -0.3 is 9.84 Å². The lowest BCUT2D eigenvalue weighted by Crippen LogP contribution is -2.54. The molecule has 1 fully saturated rings. The van der Waals surface area contributed by atoms with Crippen LogP contribution in [0, 0.1) is 0 Å². The topological polar surface area (TPSA) is 66.8 Å². The van der Waals surface area contributed by atoms with Gasteiger partial charge in [-0.2, -0.15) is 0 Å². The number of amides is 2. The van der Waals surface area contributed by atoms with E-state index in [-0.39, 0.29) is 12.2 Å². The molecule has 7 heteroatoms. The molecule has 5 nitrogen and oxygen atoms in total. The molecule has 0 unspecified atom stereocenters. The number of phenols is 1. The molecule has 1 saturated heterocycles. The standard InChI is InChI=1S/C18H17Cl2NO4/c1-4-10-7-8-17(19)15(23)21(2)16(24)18(17,20)14(10)12-6-5-11(25-3)9-13(12)22/h4-7,9,14,22H,1,8H2,2-3H3/t14-,17-,18+/m1/s1. The number of hydrogen-bond donors (Lipinski definition) is 1. The van der Waals surface area contributed by atoms with E-state index in [4.69, 9.17) is 27.9 Å². The van der Waals surface area contributed by atoms with E-state index in [9.17, 15) is 14.7 Å². The number of rotatable bonds is 3. The second kappa shape index (κ2) is 5.78. The van der Waals surface area contributed by atoms with Crippen molar-refractivity contribution in [3.05, 3.63) is 48.1 Å². The third-order valence-corrected chi connectivity index (χ3v) is 6.38. The summed E-state index contributed by atoms with van der Waals surface area (Å²) >= 11 is 13.4. The van der Waals surface area contributed by atoms with Gasteiger partial charge in [0.25, 0.3) is 11.8 Å². The number of nitrogens with zero attached hydrogens (tertiary/aromatic N) is 1. The molecule has 0 saturated carbocycles. The summed E-state index contributed by atoms with van der Waals surface area (Å²) < 4.78 is 5.09. The summed E-state index contributed by atoms with van der Waals surface area (Å²) in [5.74, 6) is -1.63. The number of allylic oxidation sites excluding steroid dienone is 3. The van der Waals surface area contributed by atoms with Crippen LogP contribution in [0.1, 0.15) is 17.9 Å². The number of aromatic hydroxyl groups is 1. The van der Waals surface area contributed by atoms with Crippen LogP contribution in [-0.4, -0.2) is 45.7 Å². The molecule has 1 aromatic rings. The number of imide groups is 1. The molecule has 1 heterocycles. The fraction of sp³-hybridized carbons (Fsp3) is 0.333. The zero-order valence-corrected chi connectivity index (χ0v) is 15.3. The van der Waals surface area contributed by atoms with Gasteiger partial charge in [-0.25, -0.2) is 0 Å². The monoisotopic (exact) mass is 381 g/mol. The highest BCUT2D eigenvalue weighted by Crippen LogP contribution is 2.59. The highest BCUT2D eigenvalue weighted by molar-refractivity contribution is 6.53. The Morgan fingerprint density at radius 2 is 2.04 bits per heavy atom. The zero-order valence-electron chi connectivity index (χ0n) is 13.8. The van der Waals surface area contributed by atoms with Crippen molar-refractivity contribution in [1.29, 1.82) is 0 Å². The van der Waals surface area contributed by atoms with E-state index in [0.717, 1.165) is 4.90 Å². The average molecular weight is 382 g/mol. The Labute approximate surface area is 155 Å². The van der Waals surface area contributed by atoms with Crippen LogP contribution in [0.15, 0.2) is 42.5 Å². The molecule has 2 aliphatic rings. The number of hydrogen-bond acceptors (Lipinski definition) is 4. The third-order valence-electron chi connectivity index (χ3n) is 4.97. The molecular weight excluding hydrogens is 365 g/mol. The maximum Gasteiger partial charge on any atom is 0.253 e. The Morgan fingerprint density at radius 3 is 2.60 bits per heavy atom. The molecule has 1 N–H and O–H groups in total. The lowest BCUT2D eigenvalue weighted by atomic mass is 9.68. The molecule has 2 amide bonds. The molecule has 1 aliphatic carbocycles. The van der Waals surface area contributed by atoms with Gasteiger partial charge in [0, 0.05) is 24.6 Å². The van der Waals surface area contributed by atoms with Gasteiger partial charge in [-0.1, -0.05) is 24.8 Å². The lowest BCUT2D eigenvalue weighted by Gasteiger charge is -2.42. The van der Waals surface area contributed by atoms with E-state index < -0.39 is 27.5 Å². The van der Waals surface area contributed by atoms with Crippen LogP contribution in [0.3, 0.4) is 0 Å².